The van der Waals surface area contributed by atoms with Crippen molar-refractivity contribution >= 4 is 17.4 Å². The quantitative estimate of drug-likeness (QED) is 0.798. The van der Waals surface area contributed by atoms with Crippen molar-refractivity contribution in [3.05, 3.63) is 54.1 Å². The molecule has 112 valence electrons. The predicted molar refractivity (Wildman–Crippen MR) is 89.3 cm³/mol. The molecular weight excluding hydrogens is 282 g/mol. The third-order valence-electron chi connectivity index (χ3n) is 3.56. The molecule has 0 aliphatic rings. The van der Waals surface area contributed by atoms with Gasteiger partial charge in [-0.05, 0) is 43.0 Å². The molecule has 0 aliphatic heterocycles. The van der Waals surface area contributed by atoms with Gasteiger partial charge in [0.25, 0.3) is 0 Å². The first-order valence-corrected chi connectivity index (χ1v) is 8.02. The average molecular weight is 303 g/mol. The molecule has 0 aliphatic carbocycles. The lowest BCUT2D eigenvalue weighted by Gasteiger charge is -2.31. The van der Waals surface area contributed by atoms with Gasteiger partial charge in [0.15, 0.2) is 0 Å². The van der Waals surface area contributed by atoms with Crippen molar-refractivity contribution in [1.82, 2.24) is 0 Å². The van der Waals surface area contributed by atoms with E-state index in [1.165, 1.54) is 4.90 Å². The zero-order valence-electron chi connectivity index (χ0n) is 12.6. The molecule has 4 heteroatoms. The van der Waals surface area contributed by atoms with Gasteiger partial charge in [-0.1, -0.05) is 24.3 Å². The molecule has 2 N–H and O–H groups in total. The lowest BCUT2D eigenvalue weighted by molar-refractivity contribution is 0.223. The summed E-state index contributed by atoms with van der Waals surface area (Å²) in [5.74, 6) is 0.762. The molecule has 2 rings (SSSR count). The standard InChI is InChI=1S/C17H21NO2S/c1-17(12-19,13-8-10-14(21-3)11-9-13)18-15-6-4-5-7-16(15)20-2/h4-11,18-19H,12H2,1-3H3. The van der Waals surface area contributed by atoms with Gasteiger partial charge < -0.3 is 15.2 Å². The van der Waals surface area contributed by atoms with E-state index >= 15 is 0 Å². The summed E-state index contributed by atoms with van der Waals surface area (Å²) in [5, 5.41) is 13.3. The maximum Gasteiger partial charge on any atom is 0.141 e. The number of benzene rings is 2. The van der Waals surface area contributed by atoms with Gasteiger partial charge in [0.1, 0.15) is 5.75 Å². The number of para-hydroxylation sites is 2. The first kappa shape index (κ1) is 15.7. The number of aliphatic hydroxyl groups is 1. The second-order valence-electron chi connectivity index (χ2n) is 5.04. The van der Waals surface area contributed by atoms with Gasteiger partial charge in [0, 0.05) is 4.90 Å². The Bertz CT molecular complexity index is 586. The largest absolute Gasteiger partial charge is 0.495 e. The van der Waals surface area contributed by atoms with E-state index in [0.717, 1.165) is 17.0 Å². The molecule has 2 aromatic carbocycles. The Balaban J connectivity index is 2.31. The Morgan fingerprint density at radius 2 is 1.81 bits per heavy atom. The molecular formula is C17H21NO2S. The topological polar surface area (TPSA) is 41.5 Å². The van der Waals surface area contributed by atoms with Crippen molar-refractivity contribution in [3.63, 3.8) is 0 Å². The summed E-state index contributed by atoms with van der Waals surface area (Å²) in [5.41, 5.74) is 1.34. The second-order valence-corrected chi connectivity index (χ2v) is 5.92. The summed E-state index contributed by atoms with van der Waals surface area (Å²) in [6.07, 6.45) is 2.05. The number of rotatable bonds is 6. The number of aliphatic hydroxyl groups excluding tert-OH is 1. The molecule has 0 fully saturated rings. The van der Waals surface area contributed by atoms with Crippen LogP contribution in [0.25, 0.3) is 0 Å². The highest BCUT2D eigenvalue weighted by atomic mass is 32.2. The van der Waals surface area contributed by atoms with Gasteiger partial charge in [-0.3, -0.25) is 0 Å². The van der Waals surface area contributed by atoms with E-state index in [1.807, 2.05) is 49.6 Å². The lowest BCUT2D eigenvalue weighted by Crippen LogP contribution is -2.36. The molecule has 0 heterocycles. The summed E-state index contributed by atoms with van der Waals surface area (Å²) >= 11 is 1.70. The van der Waals surface area contributed by atoms with Gasteiger partial charge in [0.2, 0.25) is 0 Å². The molecule has 0 saturated carbocycles. The van der Waals surface area contributed by atoms with Crippen LogP contribution in [0.15, 0.2) is 53.4 Å². The summed E-state index contributed by atoms with van der Waals surface area (Å²) < 4.78 is 5.36. The lowest BCUT2D eigenvalue weighted by atomic mass is 9.92. The van der Waals surface area contributed by atoms with Crippen LogP contribution in [0, 0.1) is 0 Å². The zero-order valence-corrected chi connectivity index (χ0v) is 13.4. The summed E-state index contributed by atoms with van der Waals surface area (Å²) in [4.78, 5) is 1.20. The number of thioether (sulfide) groups is 1. The molecule has 21 heavy (non-hydrogen) atoms. The highest BCUT2D eigenvalue weighted by Crippen LogP contribution is 2.32. The number of methoxy groups -OCH3 is 1. The maximum atomic E-state index is 9.88. The van der Waals surface area contributed by atoms with Crippen molar-refractivity contribution in [1.29, 1.82) is 0 Å². The van der Waals surface area contributed by atoms with Crippen LogP contribution in [-0.2, 0) is 5.54 Å². The first-order valence-electron chi connectivity index (χ1n) is 6.79. The smallest absolute Gasteiger partial charge is 0.141 e. The van der Waals surface area contributed by atoms with Gasteiger partial charge in [-0.15, -0.1) is 11.8 Å². The predicted octanol–water partition coefficient (Wildman–Crippen LogP) is 3.74. The van der Waals surface area contributed by atoms with E-state index in [0.29, 0.717) is 0 Å². The third-order valence-corrected chi connectivity index (χ3v) is 4.30. The normalized spacial score (nSPS) is 13.5. The van der Waals surface area contributed by atoms with Crippen LogP contribution in [0.5, 0.6) is 5.75 Å². The fourth-order valence-electron chi connectivity index (χ4n) is 2.21. The van der Waals surface area contributed by atoms with E-state index in [2.05, 4.69) is 17.4 Å². The number of anilines is 1. The van der Waals surface area contributed by atoms with Crippen LogP contribution in [0.4, 0.5) is 5.69 Å². The van der Waals surface area contributed by atoms with Gasteiger partial charge in [-0.25, -0.2) is 0 Å². The van der Waals surface area contributed by atoms with Crippen molar-refractivity contribution in [2.45, 2.75) is 17.4 Å². The Kier molecular flexibility index (Phi) is 5.15. The van der Waals surface area contributed by atoms with Gasteiger partial charge in [-0.2, -0.15) is 0 Å². The highest BCUT2D eigenvalue weighted by molar-refractivity contribution is 7.98. The Hall–Kier alpha value is -1.65. The maximum absolute atomic E-state index is 9.88. The molecule has 0 bridgehead atoms. The van der Waals surface area contributed by atoms with Crippen LogP contribution >= 0.6 is 11.8 Å². The fraction of sp³-hybridized carbons (Fsp3) is 0.294. The van der Waals surface area contributed by atoms with E-state index in [4.69, 9.17) is 4.74 Å². The Morgan fingerprint density at radius 1 is 1.14 bits per heavy atom. The monoisotopic (exact) mass is 303 g/mol. The fourth-order valence-corrected chi connectivity index (χ4v) is 2.62. The second kappa shape index (κ2) is 6.87. The molecule has 1 atom stereocenters. The van der Waals surface area contributed by atoms with Crippen LogP contribution in [0.2, 0.25) is 0 Å². The van der Waals surface area contributed by atoms with Crippen LogP contribution < -0.4 is 10.1 Å². The van der Waals surface area contributed by atoms with E-state index in [1.54, 1.807) is 18.9 Å². The summed E-state index contributed by atoms with van der Waals surface area (Å²) in [6.45, 7) is 1.97. The van der Waals surface area contributed by atoms with Crippen molar-refractivity contribution in [2.24, 2.45) is 0 Å². The number of hydrogen-bond acceptors (Lipinski definition) is 4. The summed E-state index contributed by atoms with van der Waals surface area (Å²) in [6, 6.07) is 15.9. The van der Waals surface area contributed by atoms with Crippen molar-refractivity contribution in [2.75, 3.05) is 25.3 Å². The van der Waals surface area contributed by atoms with Gasteiger partial charge in [0.05, 0.1) is 24.9 Å². The molecule has 2 aromatic rings. The van der Waals surface area contributed by atoms with Crippen LogP contribution in [0.1, 0.15) is 12.5 Å². The molecule has 1 unspecified atom stereocenters. The van der Waals surface area contributed by atoms with Crippen molar-refractivity contribution < 1.29 is 9.84 Å². The molecule has 0 saturated heterocycles. The number of nitrogens with one attached hydrogen (secondary N) is 1. The molecule has 0 radical (unpaired) electrons. The third kappa shape index (κ3) is 3.52. The minimum absolute atomic E-state index is 0.0103. The van der Waals surface area contributed by atoms with E-state index < -0.39 is 5.54 Å². The van der Waals surface area contributed by atoms with Crippen LogP contribution in [-0.4, -0.2) is 25.1 Å². The molecule has 3 nitrogen and oxygen atoms in total. The number of hydrogen-bond donors (Lipinski definition) is 2. The number of ether oxygens (including phenoxy) is 1. The zero-order chi connectivity index (χ0) is 15.3. The van der Waals surface area contributed by atoms with Crippen LogP contribution in [0.3, 0.4) is 0 Å². The minimum Gasteiger partial charge on any atom is -0.495 e. The Morgan fingerprint density at radius 3 is 2.38 bits per heavy atom. The minimum atomic E-state index is -0.564. The summed E-state index contributed by atoms with van der Waals surface area (Å²) in [7, 11) is 1.64. The molecule has 0 spiro atoms. The Labute approximate surface area is 130 Å². The molecule has 0 amide bonds. The van der Waals surface area contributed by atoms with E-state index in [9.17, 15) is 5.11 Å². The first-order chi connectivity index (χ1) is 10.1. The van der Waals surface area contributed by atoms with Crippen molar-refractivity contribution in [3.8, 4) is 5.75 Å². The van der Waals surface area contributed by atoms with E-state index in [-0.39, 0.29) is 6.61 Å². The highest BCUT2D eigenvalue weighted by Gasteiger charge is 2.26. The average Bonchev–Trinajstić information content (AvgIpc) is 2.55. The molecule has 0 aromatic heterocycles. The van der Waals surface area contributed by atoms with Gasteiger partial charge >= 0.3 is 0 Å². The SMILES string of the molecule is COc1ccccc1NC(C)(CO)c1ccc(SC)cc1.